The van der Waals surface area contributed by atoms with Crippen molar-refractivity contribution in [3.63, 3.8) is 0 Å². The normalized spacial score (nSPS) is 11.8. The summed E-state index contributed by atoms with van der Waals surface area (Å²) in [5.41, 5.74) is 1.08. The number of ether oxygens (including phenoxy) is 1. The molecule has 0 saturated heterocycles. The molecular weight excluding hydrogens is 342 g/mol. The summed E-state index contributed by atoms with van der Waals surface area (Å²) in [7, 11) is 3.49. The van der Waals surface area contributed by atoms with Gasteiger partial charge in [-0.2, -0.15) is 0 Å². The number of rotatable bonds is 7. The van der Waals surface area contributed by atoms with E-state index >= 15 is 0 Å². The van der Waals surface area contributed by atoms with E-state index in [2.05, 4.69) is 0 Å². The lowest BCUT2D eigenvalue weighted by Crippen LogP contribution is -2.34. The van der Waals surface area contributed by atoms with E-state index < -0.39 is 0 Å². The third-order valence-corrected chi connectivity index (χ3v) is 5.31. The van der Waals surface area contributed by atoms with Gasteiger partial charge in [0.05, 0.1) is 12.4 Å². The van der Waals surface area contributed by atoms with Gasteiger partial charge in [-0.25, -0.2) is 0 Å². The molecule has 0 bridgehead atoms. The van der Waals surface area contributed by atoms with Crippen LogP contribution in [0.4, 0.5) is 0 Å². The number of nitrogens with zero attached hydrogens (tertiary/aromatic N) is 1. The fraction of sp³-hybridized carbons (Fsp3) is 0.316. The fourth-order valence-corrected chi connectivity index (χ4v) is 3.51. The first-order valence-electron chi connectivity index (χ1n) is 7.83. The zero-order chi connectivity index (χ0) is 17.5. The van der Waals surface area contributed by atoms with Crippen LogP contribution in [0.25, 0.3) is 0 Å². The largest absolute Gasteiger partial charge is 0.497 e. The molecule has 3 nitrogen and oxygen atoms in total. The minimum Gasteiger partial charge on any atom is -0.497 e. The minimum absolute atomic E-state index is 0.102. The van der Waals surface area contributed by atoms with Crippen molar-refractivity contribution >= 4 is 29.3 Å². The van der Waals surface area contributed by atoms with Crippen molar-refractivity contribution in [3.8, 4) is 5.75 Å². The lowest BCUT2D eigenvalue weighted by molar-refractivity contribution is -0.129. The van der Waals surface area contributed by atoms with Crippen LogP contribution < -0.4 is 4.74 Å². The van der Waals surface area contributed by atoms with Crippen molar-refractivity contribution in [2.24, 2.45) is 0 Å². The molecule has 128 valence electrons. The number of hydrogen-bond donors (Lipinski definition) is 0. The van der Waals surface area contributed by atoms with E-state index in [1.165, 1.54) is 0 Å². The summed E-state index contributed by atoms with van der Waals surface area (Å²) in [6.45, 7) is 2.62. The van der Waals surface area contributed by atoms with E-state index in [4.69, 9.17) is 16.3 Å². The van der Waals surface area contributed by atoms with Gasteiger partial charge < -0.3 is 9.64 Å². The van der Waals surface area contributed by atoms with Crippen LogP contribution >= 0.6 is 23.4 Å². The monoisotopic (exact) mass is 363 g/mol. The average molecular weight is 364 g/mol. The molecule has 0 N–H and O–H groups in total. The maximum atomic E-state index is 12.7. The van der Waals surface area contributed by atoms with Crippen LogP contribution in [-0.4, -0.2) is 30.2 Å². The highest BCUT2D eigenvalue weighted by atomic mass is 35.5. The Labute approximate surface area is 153 Å². The molecule has 0 aliphatic carbocycles. The van der Waals surface area contributed by atoms with Gasteiger partial charge in [0, 0.05) is 23.5 Å². The molecule has 1 amide bonds. The Bertz CT molecular complexity index is 658. The minimum atomic E-state index is -0.102. The summed E-state index contributed by atoms with van der Waals surface area (Å²) >= 11 is 7.49. The molecule has 0 spiro atoms. The van der Waals surface area contributed by atoms with Gasteiger partial charge in [0.25, 0.3) is 0 Å². The zero-order valence-corrected chi connectivity index (χ0v) is 15.7. The summed E-state index contributed by atoms with van der Waals surface area (Å²) in [5, 5.41) is 0.602. The quantitative estimate of drug-likeness (QED) is 0.657. The number of amides is 1. The van der Waals surface area contributed by atoms with Gasteiger partial charge in [-0.1, -0.05) is 30.7 Å². The first-order valence-corrected chi connectivity index (χ1v) is 9.09. The summed E-state index contributed by atoms with van der Waals surface area (Å²) in [6.07, 6.45) is 0.777. The topological polar surface area (TPSA) is 29.5 Å². The summed E-state index contributed by atoms with van der Waals surface area (Å²) in [6, 6.07) is 15.4. The molecule has 0 aliphatic rings. The zero-order valence-electron chi connectivity index (χ0n) is 14.2. The Morgan fingerprint density at radius 1 is 1.17 bits per heavy atom. The van der Waals surface area contributed by atoms with E-state index in [0.29, 0.717) is 11.6 Å². The van der Waals surface area contributed by atoms with Gasteiger partial charge in [0.2, 0.25) is 5.91 Å². The number of halogens is 1. The number of thioether (sulfide) groups is 1. The van der Waals surface area contributed by atoms with Crippen LogP contribution in [0.15, 0.2) is 53.4 Å². The van der Waals surface area contributed by atoms with Crippen molar-refractivity contribution < 1.29 is 9.53 Å². The Hall–Kier alpha value is -1.65. The highest BCUT2D eigenvalue weighted by Gasteiger charge is 2.21. The van der Waals surface area contributed by atoms with E-state index in [1.807, 2.05) is 62.5 Å². The van der Waals surface area contributed by atoms with E-state index in [9.17, 15) is 4.79 Å². The number of carbonyl (C=O) groups excluding carboxylic acids is 1. The van der Waals surface area contributed by atoms with Crippen LogP contribution in [0.5, 0.6) is 5.75 Å². The van der Waals surface area contributed by atoms with Crippen LogP contribution in [0.3, 0.4) is 0 Å². The molecule has 0 heterocycles. The molecule has 5 heteroatoms. The smallest absolute Gasteiger partial charge is 0.236 e. The van der Waals surface area contributed by atoms with Crippen LogP contribution in [0, 0.1) is 0 Å². The fourth-order valence-electron chi connectivity index (χ4n) is 2.31. The highest BCUT2D eigenvalue weighted by Crippen LogP contribution is 2.28. The van der Waals surface area contributed by atoms with Gasteiger partial charge in [0.1, 0.15) is 5.75 Å². The van der Waals surface area contributed by atoms with Crippen LogP contribution in [0.1, 0.15) is 18.9 Å². The summed E-state index contributed by atoms with van der Waals surface area (Å²) in [5.74, 6) is 0.950. The molecule has 0 aliphatic heterocycles. The Balaban J connectivity index is 1.99. The third-order valence-electron chi connectivity index (χ3n) is 3.69. The van der Waals surface area contributed by atoms with Crippen molar-refractivity contribution in [2.45, 2.75) is 30.0 Å². The first kappa shape index (κ1) is 18.7. The molecule has 2 aromatic rings. The second-order valence-electron chi connectivity index (χ2n) is 5.51. The van der Waals surface area contributed by atoms with Gasteiger partial charge in [-0.05, 0) is 48.4 Å². The molecule has 0 unspecified atom stereocenters. The van der Waals surface area contributed by atoms with Crippen LogP contribution in [0.2, 0.25) is 5.02 Å². The van der Waals surface area contributed by atoms with Gasteiger partial charge in [0.15, 0.2) is 0 Å². The second-order valence-corrected chi connectivity index (χ2v) is 7.22. The molecule has 0 saturated carbocycles. The van der Waals surface area contributed by atoms with E-state index in [1.54, 1.807) is 23.8 Å². The maximum Gasteiger partial charge on any atom is 0.236 e. The number of methoxy groups -OCH3 is 1. The standard InChI is InChI=1S/C19H22ClNO2S/c1-4-18(24-17-11-7-15(20)8-12-17)19(22)21(2)13-14-5-9-16(23-3)10-6-14/h5-12,18H,4,13H2,1-3H3/t18-/m0/s1. The molecule has 0 aromatic heterocycles. The molecule has 2 rings (SSSR count). The molecule has 2 aromatic carbocycles. The summed E-state index contributed by atoms with van der Waals surface area (Å²) in [4.78, 5) is 15.6. The predicted octanol–water partition coefficient (Wildman–Crippen LogP) is 4.88. The van der Waals surface area contributed by atoms with Crippen molar-refractivity contribution in [3.05, 3.63) is 59.1 Å². The Kier molecular flexibility index (Phi) is 7.00. The average Bonchev–Trinajstić information content (AvgIpc) is 2.61. The third kappa shape index (κ3) is 5.18. The highest BCUT2D eigenvalue weighted by molar-refractivity contribution is 8.00. The number of hydrogen-bond acceptors (Lipinski definition) is 3. The first-order chi connectivity index (χ1) is 11.5. The summed E-state index contributed by atoms with van der Waals surface area (Å²) < 4.78 is 5.16. The molecule has 1 atom stereocenters. The number of benzene rings is 2. The lowest BCUT2D eigenvalue weighted by atomic mass is 10.2. The van der Waals surface area contributed by atoms with Gasteiger partial charge >= 0.3 is 0 Å². The Morgan fingerprint density at radius 3 is 2.33 bits per heavy atom. The molecule has 0 radical (unpaired) electrons. The maximum absolute atomic E-state index is 12.7. The second kappa shape index (κ2) is 9.00. The molecule has 0 fully saturated rings. The Morgan fingerprint density at radius 2 is 1.79 bits per heavy atom. The lowest BCUT2D eigenvalue weighted by Gasteiger charge is -2.23. The van der Waals surface area contributed by atoms with Crippen molar-refractivity contribution in [1.82, 2.24) is 4.90 Å². The van der Waals surface area contributed by atoms with E-state index in [0.717, 1.165) is 22.6 Å². The number of carbonyl (C=O) groups is 1. The van der Waals surface area contributed by atoms with E-state index in [-0.39, 0.29) is 11.2 Å². The van der Waals surface area contributed by atoms with Crippen molar-refractivity contribution in [2.75, 3.05) is 14.2 Å². The van der Waals surface area contributed by atoms with Crippen LogP contribution in [-0.2, 0) is 11.3 Å². The van der Waals surface area contributed by atoms with Gasteiger partial charge in [-0.15, -0.1) is 11.8 Å². The van der Waals surface area contributed by atoms with Gasteiger partial charge in [-0.3, -0.25) is 4.79 Å². The SMILES string of the molecule is CC[C@H](Sc1ccc(Cl)cc1)C(=O)N(C)Cc1ccc(OC)cc1. The molecular formula is C19H22ClNO2S. The van der Waals surface area contributed by atoms with Crippen molar-refractivity contribution in [1.29, 1.82) is 0 Å². The molecule has 24 heavy (non-hydrogen) atoms. The predicted molar refractivity (Wildman–Crippen MR) is 101 cm³/mol.